The van der Waals surface area contributed by atoms with Gasteiger partial charge < -0.3 is 0 Å². The van der Waals surface area contributed by atoms with Crippen molar-refractivity contribution in [2.45, 2.75) is 13.3 Å². The summed E-state index contributed by atoms with van der Waals surface area (Å²) in [7, 11) is 0. The predicted octanol–water partition coefficient (Wildman–Crippen LogP) is 5.38. The lowest BCUT2D eigenvalue weighted by atomic mass is 10.0. The predicted molar refractivity (Wildman–Crippen MR) is 80.7 cm³/mol. The van der Waals surface area contributed by atoms with Gasteiger partial charge in [0.25, 0.3) is 0 Å². The Morgan fingerprint density at radius 3 is 2.53 bits per heavy atom. The van der Waals surface area contributed by atoms with Gasteiger partial charge in [0.05, 0.1) is 5.02 Å². The molecule has 2 rings (SSSR count). The topological polar surface area (TPSA) is 17.1 Å². The molecule has 0 N–H and O–H groups in total. The summed E-state index contributed by atoms with van der Waals surface area (Å²) in [5.41, 5.74) is 2.15. The van der Waals surface area contributed by atoms with Gasteiger partial charge in [0.2, 0.25) is 0 Å². The van der Waals surface area contributed by atoms with Crippen LogP contribution in [0.5, 0.6) is 0 Å². The molecule has 0 atom stereocenters. The number of hydrogen-bond acceptors (Lipinski definition) is 1. The zero-order valence-corrected chi connectivity index (χ0v) is 12.5. The molecule has 0 spiro atoms. The summed E-state index contributed by atoms with van der Waals surface area (Å²) < 4.78 is 0. The molecule has 0 aromatic heterocycles. The van der Waals surface area contributed by atoms with Crippen molar-refractivity contribution in [3.05, 3.63) is 68.2 Å². The first kappa shape index (κ1) is 14.4. The van der Waals surface area contributed by atoms with E-state index < -0.39 is 0 Å². The van der Waals surface area contributed by atoms with E-state index in [1.165, 1.54) is 0 Å². The van der Waals surface area contributed by atoms with Crippen LogP contribution in [0.2, 0.25) is 15.1 Å². The number of hydrogen-bond donors (Lipinski definition) is 0. The Hall–Kier alpha value is -1.02. The molecule has 19 heavy (non-hydrogen) atoms. The van der Waals surface area contributed by atoms with Crippen LogP contribution in [0.1, 0.15) is 21.5 Å². The molecule has 98 valence electrons. The Kier molecular flexibility index (Phi) is 4.51. The van der Waals surface area contributed by atoms with E-state index in [0.29, 0.717) is 20.6 Å². The highest BCUT2D eigenvalue weighted by atomic mass is 35.5. The molecule has 2 aromatic carbocycles. The van der Waals surface area contributed by atoms with E-state index in [9.17, 15) is 4.79 Å². The summed E-state index contributed by atoms with van der Waals surface area (Å²) in [6.45, 7) is 1.87. The van der Waals surface area contributed by atoms with E-state index >= 15 is 0 Å². The quantitative estimate of drug-likeness (QED) is 0.695. The van der Waals surface area contributed by atoms with E-state index in [1.54, 1.807) is 24.3 Å². The van der Waals surface area contributed by atoms with Crippen LogP contribution >= 0.6 is 34.8 Å². The van der Waals surface area contributed by atoms with Gasteiger partial charge in [0, 0.05) is 22.0 Å². The zero-order chi connectivity index (χ0) is 14.0. The van der Waals surface area contributed by atoms with Gasteiger partial charge in [0.1, 0.15) is 0 Å². The van der Waals surface area contributed by atoms with Crippen LogP contribution < -0.4 is 0 Å². The maximum Gasteiger partial charge on any atom is 0.168 e. The smallest absolute Gasteiger partial charge is 0.168 e. The largest absolute Gasteiger partial charge is 0.294 e. The molecule has 0 saturated carbocycles. The van der Waals surface area contributed by atoms with Crippen molar-refractivity contribution in [2.75, 3.05) is 0 Å². The Morgan fingerprint density at radius 2 is 1.84 bits per heavy atom. The number of carbonyl (C=O) groups is 1. The van der Waals surface area contributed by atoms with Gasteiger partial charge in [-0.3, -0.25) is 4.79 Å². The van der Waals surface area contributed by atoms with E-state index in [1.807, 2.05) is 19.1 Å². The second-order valence-corrected chi connectivity index (χ2v) is 5.49. The van der Waals surface area contributed by atoms with Crippen LogP contribution in [0.15, 0.2) is 36.4 Å². The van der Waals surface area contributed by atoms with Crippen molar-refractivity contribution in [1.82, 2.24) is 0 Å². The molecule has 0 saturated heterocycles. The van der Waals surface area contributed by atoms with Crippen LogP contribution in [0.4, 0.5) is 0 Å². The molecule has 0 fully saturated rings. The summed E-state index contributed by atoms with van der Waals surface area (Å²) in [5.74, 6) is -0.0575. The van der Waals surface area contributed by atoms with Crippen LogP contribution in [0.3, 0.4) is 0 Å². The maximum atomic E-state index is 12.2. The summed E-state index contributed by atoms with van der Waals surface area (Å²) >= 11 is 18.0. The summed E-state index contributed by atoms with van der Waals surface area (Å²) in [5, 5.41) is 1.54. The third-order valence-electron chi connectivity index (χ3n) is 2.86. The second kappa shape index (κ2) is 5.96. The number of carbonyl (C=O) groups excluding carboxylic acids is 1. The number of Topliss-reactive ketones (excluding diaryl/α,β-unsaturated/α-hetero) is 1. The highest BCUT2D eigenvalue weighted by Crippen LogP contribution is 2.25. The lowest BCUT2D eigenvalue weighted by molar-refractivity contribution is 0.0993. The fraction of sp³-hybridized carbons (Fsp3) is 0.133. The standard InChI is InChI=1S/C15H11Cl3O/c1-9-3-2-4-12(15(9)18)14(19)7-10-5-6-11(16)8-13(10)17/h2-6,8H,7H2,1H3. The minimum atomic E-state index is -0.0575. The van der Waals surface area contributed by atoms with E-state index in [2.05, 4.69) is 0 Å². The molecule has 0 amide bonds. The first-order chi connectivity index (χ1) is 8.99. The normalized spacial score (nSPS) is 10.5. The van der Waals surface area contributed by atoms with Gasteiger partial charge >= 0.3 is 0 Å². The van der Waals surface area contributed by atoms with Crippen molar-refractivity contribution in [3.8, 4) is 0 Å². The molecule has 0 bridgehead atoms. The van der Waals surface area contributed by atoms with Crippen molar-refractivity contribution in [2.24, 2.45) is 0 Å². The third kappa shape index (κ3) is 3.30. The van der Waals surface area contributed by atoms with E-state index in [0.717, 1.165) is 11.1 Å². The van der Waals surface area contributed by atoms with Crippen molar-refractivity contribution in [1.29, 1.82) is 0 Å². The average molecular weight is 314 g/mol. The first-order valence-corrected chi connectivity index (χ1v) is 6.84. The van der Waals surface area contributed by atoms with Crippen molar-refractivity contribution >= 4 is 40.6 Å². The van der Waals surface area contributed by atoms with Gasteiger partial charge in [-0.15, -0.1) is 0 Å². The van der Waals surface area contributed by atoms with Crippen LogP contribution in [0.25, 0.3) is 0 Å². The lowest BCUT2D eigenvalue weighted by Crippen LogP contribution is -2.05. The highest BCUT2D eigenvalue weighted by Gasteiger charge is 2.14. The zero-order valence-electron chi connectivity index (χ0n) is 10.2. The number of ketones is 1. The summed E-state index contributed by atoms with van der Waals surface area (Å²) in [6, 6.07) is 10.5. The minimum absolute atomic E-state index is 0.0575. The number of halogens is 3. The Balaban J connectivity index is 2.28. The lowest BCUT2D eigenvalue weighted by Gasteiger charge is -2.07. The number of aryl methyl sites for hydroxylation is 1. The van der Waals surface area contributed by atoms with Gasteiger partial charge in [-0.2, -0.15) is 0 Å². The molecule has 0 radical (unpaired) electrons. The average Bonchev–Trinajstić information content (AvgIpc) is 2.36. The molecule has 2 aromatic rings. The molecule has 0 heterocycles. The highest BCUT2D eigenvalue weighted by molar-refractivity contribution is 6.36. The van der Waals surface area contributed by atoms with E-state index in [-0.39, 0.29) is 12.2 Å². The van der Waals surface area contributed by atoms with E-state index in [4.69, 9.17) is 34.8 Å². The third-order valence-corrected chi connectivity index (χ3v) is 3.95. The van der Waals surface area contributed by atoms with Crippen molar-refractivity contribution < 1.29 is 4.79 Å². The monoisotopic (exact) mass is 312 g/mol. The Bertz CT molecular complexity index is 635. The van der Waals surface area contributed by atoms with Gasteiger partial charge in [-0.05, 0) is 36.2 Å². The van der Waals surface area contributed by atoms with Gasteiger partial charge in [-0.25, -0.2) is 0 Å². The summed E-state index contributed by atoms with van der Waals surface area (Å²) in [6.07, 6.45) is 0.208. The fourth-order valence-corrected chi connectivity index (χ4v) is 2.50. The minimum Gasteiger partial charge on any atom is -0.294 e. The first-order valence-electron chi connectivity index (χ1n) is 5.71. The van der Waals surface area contributed by atoms with Crippen molar-refractivity contribution in [3.63, 3.8) is 0 Å². The van der Waals surface area contributed by atoms with Crippen LogP contribution in [-0.4, -0.2) is 5.78 Å². The second-order valence-electron chi connectivity index (χ2n) is 4.27. The molecular weight excluding hydrogens is 303 g/mol. The van der Waals surface area contributed by atoms with Crippen LogP contribution in [0, 0.1) is 6.92 Å². The molecule has 0 aliphatic rings. The molecular formula is C15H11Cl3O. The Labute approximate surface area is 127 Å². The van der Waals surface area contributed by atoms with Crippen LogP contribution in [-0.2, 0) is 6.42 Å². The summed E-state index contributed by atoms with van der Waals surface area (Å²) in [4.78, 5) is 12.2. The number of rotatable bonds is 3. The molecule has 0 aliphatic carbocycles. The SMILES string of the molecule is Cc1cccc(C(=O)Cc2ccc(Cl)cc2Cl)c1Cl. The molecule has 4 heteroatoms. The number of benzene rings is 2. The molecule has 1 nitrogen and oxygen atoms in total. The molecule has 0 unspecified atom stereocenters. The molecule has 0 aliphatic heterocycles. The van der Waals surface area contributed by atoms with Gasteiger partial charge in [-0.1, -0.05) is 53.0 Å². The fourth-order valence-electron chi connectivity index (χ4n) is 1.80. The Morgan fingerprint density at radius 1 is 1.11 bits per heavy atom. The van der Waals surface area contributed by atoms with Gasteiger partial charge in [0.15, 0.2) is 5.78 Å². The maximum absolute atomic E-state index is 12.2.